The number of ether oxygens (including phenoxy) is 1. The Morgan fingerprint density at radius 3 is 2.26 bits per heavy atom. The van der Waals surface area contributed by atoms with Gasteiger partial charge in [-0.05, 0) is 31.2 Å². The largest absolute Gasteiger partial charge is 0.463 e. The van der Waals surface area contributed by atoms with Gasteiger partial charge in [0.25, 0.3) is 11.8 Å². The number of benzene rings is 1. The van der Waals surface area contributed by atoms with Crippen molar-refractivity contribution >= 4 is 29.4 Å². The Hall–Kier alpha value is -3.16. The second-order valence-corrected chi connectivity index (χ2v) is 4.29. The number of carbonyl (C=O) groups excluding carboxylic acids is 4. The van der Waals surface area contributed by atoms with E-state index in [-0.39, 0.29) is 18.1 Å². The van der Waals surface area contributed by atoms with Gasteiger partial charge in [0.2, 0.25) is 5.91 Å². The van der Waals surface area contributed by atoms with Crippen LogP contribution in [0.25, 0.3) is 0 Å². The highest BCUT2D eigenvalue weighted by atomic mass is 16.5. The van der Waals surface area contributed by atoms with Crippen molar-refractivity contribution in [1.29, 1.82) is 0 Å². The fourth-order valence-corrected chi connectivity index (χ4v) is 1.47. The molecule has 1 rings (SSSR count). The summed E-state index contributed by atoms with van der Waals surface area (Å²) in [6.07, 6.45) is 1.89. The van der Waals surface area contributed by atoms with Crippen LogP contribution in [0.3, 0.4) is 0 Å². The van der Waals surface area contributed by atoms with Crippen molar-refractivity contribution in [2.45, 2.75) is 13.8 Å². The maximum atomic E-state index is 11.8. The number of amides is 3. The van der Waals surface area contributed by atoms with Gasteiger partial charge in [-0.2, -0.15) is 0 Å². The van der Waals surface area contributed by atoms with Gasteiger partial charge < -0.3 is 10.1 Å². The highest BCUT2D eigenvalue weighted by molar-refractivity contribution is 5.99. The third kappa shape index (κ3) is 6.89. The average molecular weight is 319 g/mol. The third-order valence-electron chi connectivity index (χ3n) is 2.42. The molecule has 0 saturated carbocycles. The third-order valence-corrected chi connectivity index (χ3v) is 2.42. The summed E-state index contributed by atoms with van der Waals surface area (Å²) >= 11 is 0. The minimum atomic E-state index is -0.679. The van der Waals surface area contributed by atoms with E-state index in [2.05, 4.69) is 20.9 Å². The van der Waals surface area contributed by atoms with E-state index in [1.165, 1.54) is 19.1 Å². The summed E-state index contributed by atoms with van der Waals surface area (Å²) < 4.78 is 4.60. The summed E-state index contributed by atoms with van der Waals surface area (Å²) in [7, 11) is 0. The van der Waals surface area contributed by atoms with E-state index in [0.717, 1.165) is 12.2 Å². The summed E-state index contributed by atoms with van der Waals surface area (Å²) in [6, 6.07) is 6.08. The molecule has 0 aliphatic rings. The van der Waals surface area contributed by atoms with Crippen molar-refractivity contribution in [2.24, 2.45) is 0 Å². The van der Waals surface area contributed by atoms with Crippen LogP contribution < -0.4 is 16.2 Å². The minimum absolute atomic E-state index is 0.204. The highest BCUT2D eigenvalue weighted by Crippen LogP contribution is 2.09. The Morgan fingerprint density at radius 1 is 1.04 bits per heavy atom. The molecular weight excluding hydrogens is 302 g/mol. The summed E-state index contributed by atoms with van der Waals surface area (Å²) in [5.74, 6) is -2.09. The average Bonchev–Trinajstić information content (AvgIpc) is 2.51. The van der Waals surface area contributed by atoms with Crippen molar-refractivity contribution in [2.75, 3.05) is 11.9 Å². The van der Waals surface area contributed by atoms with Crippen LogP contribution in [0.5, 0.6) is 0 Å². The molecule has 122 valence electrons. The van der Waals surface area contributed by atoms with Gasteiger partial charge in [-0.3, -0.25) is 25.2 Å². The molecule has 8 nitrogen and oxygen atoms in total. The van der Waals surface area contributed by atoms with Crippen molar-refractivity contribution in [3.8, 4) is 0 Å². The van der Waals surface area contributed by atoms with Gasteiger partial charge in [0.05, 0.1) is 6.61 Å². The minimum Gasteiger partial charge on any atom is -0.463 e. The van der Waals surface area contributed by atoms with E-state index in [9.17, 15) is 19.2 Å². The molecule has 0 heterocycles. The molecule has 0 fully saturated rings. The molecule has 0 unspecified atom stereocenters. The molecule has 1 aromatic rings. The molecule has 1 aromatic carbocycles. The lowest BCUT2D eigenvalue weighted by Gasteiger charge is -2.06. The Labute approximate surface area is 132 Å². The molecule has 0 saturated heterocycles. The zero-order valence-electron chi connectivity index (χ0n) is 12.7. The lowest BCUT2D eigenvalue weighted by atomic mass is 10.2. The number of anilines is 1. The number of esters is 1. The van der Waals surface area contributed by atoms with Crippen LogP contribution in [-0.2, 0) is 19.1 Å². The molecule has 0 spiro atoms. The van der Waals surface area contributed by atoms with Gasteiger partial charge in [-0.25, -0.2) is 4.79 Å². The number of hydrazine groups is 1. The van der Waals surface area contributed by atoms with Crippen LogP contribution >= 0.6 is 0 Å². The van der Waals surface area contributed by atoms with Crippen LogP contribution in [-0.4, -0.2) is 30.3 Å². The fourth-order valence-electron chi connectivity index (χ4n) is 1.47. The van der Waals surface area contributed by atoms with E-state index in [1.54, 1.807) is 19.1 Å². The molecule has 3 N–H and O–H groups in total. The molecule has 0 radical (unpaired) electrons. The standard InChI is InChI=1S/C15H17N3O5/c1-3-23-14(21)9-8-13(20)17-18-15(22)11-4-6-12(7-5-11)16-10(2)19/h4-9H,3H2,1-2H3,(H,16,19)(H,17,20)(H,18,22)/b9-8+. The summed E-state index contributed by atoms with van der Waals surface area (Å²) in [5.41, 5.74) is 5.15. The maximum Gasteiger partial charge on any atom is 0.330 e. The predicted molar refractivity (Wildman–Crippen MR) is 82.1 cm³/mol. The molecule has 23 heavy (non-hydrogen) atoms. The van der Waals surface area contributed by atoms with E-state index in [0.29, 0.717) is 5.69 Å². The van der Waals surface area contributed by atoms with Gasteiger partial charge in [0.1, 0.15) is 0 Å². The Kier molecular flexibility index (Phi) is 6.99. The van der Waals surface area contributed by atoms with E-state index in [4.69, 9.17) is 0 Å². The van der Waals surface area contributed by atoms with Crippen LogP contribution in [0.2, 0.25) is 0 Å². The SMILES string of the molecule is CCOC(=O)/C=C/C(=O)NNC(=O)c1ccc(NC(C)=O)cc1. The molecule has 0 aliphatic heterocycles. The Balaban J connectivity index is 2.48. The first-order valence-corrected chi connectivity index (χ1v) is 6.75. The normalized spacial score (nSPS) is 10.0. The van der Waals surface area contributed by atoms with Gasteiger partial charge in [0.15, 0.2) is 0 Å². The first-order valence-electron chi connectivity index (χ1n) is 6.75. The van der Waals surface area contributed by atoms with Gasteiger partial charge in [-0.15, -0.1) is 0 Å². The van der Waals surface area contributed by atoms with Crippen LogP contribution in [0.1, 0.15) is 24.2 Å². The molecule has 0 atom stereocenters. The molecule has 3 amide bonds. The topological polar surface area (TPSA) is 114 Å². The fraction of sp³-hybridized carbons (Fsp3) is 0.200. The quantitative estimate of drug-likeness (QED) is 0.416. The maximum absolute atomic E-state index is 11.8. The van der Waals surface area contributed by atoms with Gasteiger partial charge in [-0.1, -0.05) is 0 Å². The second-order valence-electron chi connectivity index (χ2n) is 4.29. The molecule has 0 aliphatic carbocycles. The number of rotatable bonds is 5. The van der Waals surface area contributed by atoms with E-state index >= 15 is 0 Å². The van der Waals surface area contributed by atoms with Crippen molar-refractivity contribution in [3.05, 3.63) is 42.0 Å². The number of hydrogen-bond acceptors (Lipinski definition) is 5. The second kappa shape index (κ2) is 8.98. The van der Waals surface area contributed by atoms with E-state index < -0.39 is 17.8 Å². The first kappa shape index (κ1) is 17.9. The number of hydrogen-bond donors (Lipinski definition) is 3. The molecule has 8 heteroatoms. The van der Waals surface area contributed by atoms with Crippen LogP contribution in [0, 0.1) is 0 Å². The number of nitrogens with one attached hydrogen (secondary N) is 3. The van der Waals surface area contributed by atoms with Crippen molar-refractivity contribution in [1.82, 2.24) is 10.9 Å². The molecular formula is C15H17N3O5. The lowest BCUT2D eigenvalue weighted by Crippen LogP contribution is -2.40. The Bertz CT molecular complexity index is 623. The lowest BCUT2D eigenvalue weighted by molar-refractivity contribution is -0.137. The first-order chi connectivity index (χ1) is 10.9. The molecule has 0 bridgehead atoms. The predicted octanol–water partition coefficient (Wildman–Crippen LogP) is 0.525. The van der Waals surface area contributed by atoms with Crippen LogP contribution in [0.15, 0.2) is 36.4 Å². The summed E-state index contributed by atoms with van der Waals surface area (Å²) in [6.45, 7) is 3.22. The molecule has 0 aromatic heterocycles. The van der Waals surface area contributed by atoms with Crippen molar-refractivity contribution in [3.63, 3.8) is 0 Å². The number of carbonyl (C=O) groups is 4. The monoisotopic (exact) mass is 319 g/mol. The summed E-state index contributed by atoms with van der Waals surface area (Å²) in [4.78, 5) is 45.1. The van der Waals surface area contributed by atoms with Crippen LogP contribution in [0.4, 0.5) is 5.69 Å². The smallest absolute Gasteiger partial charge is 0.330 e. The highest BCUT2D eigenvalue weighted by Gasteiger charge is 2.06. The van der Waals surface area contributed by atoms with Crippen molar-refractivity contribution < 1.29 is 23.9 Å². The zero-order chi connectivity index (χ0) is 17.2. The van der Waals surface area contributed by atoms with Gasteiger partial charge in [0, 0.05) is 30.3 Å². The summed E-state index contributed by atoms with van der Waals surface area (Å²) in [5, 5.41) is 2.57. The Morgan fingerprint density at radius 2 is 1.70 bits per heavy atom. The van der Waals surface area contributed by atoms with Gasteiger partial charge >= 0.3 is 5.97 Å². The zero-order valence-corrected chi connectivity index (χ0v) is 12.7. The van der Waals surface area contributed by atoms with E-state index in [1.807, 2.05) is 0 Å².